The number of carbonyl (C=O) groups is 2. The zero-order valence-corrected chi connectivity index (χ0v) is 15.9. The first-order chi connectivity index (χ1) is 13.1. The van der Waals surface area contributed by atoms with E-state index in [0.717, 1.165) is 10.4 Å². The van der Waals surface area contributed by atoms with Crippen molar-refractivity contribution in [2.24, 2.45) is 0 Å². The Balaban J connectivity index is 2.18. The Morgan fingerprint density at radius 1 is 1.29 bits per heavy atom. The van der Waals surface area contributed by atoms with E-state index in [0.29, 0.717) is 5.02 Å². The van der Waals surface area contributed by atoms with Crippen LogP contribution in [0.25, 0.3) is 0 Å². The van der Waals surface area contributed by atoms with Crippen molar-refractivity contribution in [1.29, 1.82) is 0 Å². The lowest BCUT2D eigenvalue weighted by atomic mass is 10.3. The molecule has 0 spiro atoms. The molecule has 0 aliphatic rings. The normalized spacial score (nSPS) is 11.3. The molecule has 0 aliphatic carbocycles. The summed E-state index contributed by atoms with van der Waals surface area (Å²) in [5.41, 5.74) is 3.58. The van der Waals surface area contributed by atoms with E-state index in [1.165, 1.54) is 24.5 Å². The number of hydrogen-bond donors (Lipinski definition) is 2. The van der Waals surface area contributed by atoms with E-state index in [4.69, 9.17) is 16.1 Å². The fourth-order valence-electron chi connectivity index (χ4n) is 2.01. The molecule has 2 rings (SSSR count). The molecular weight excluding hydrogens is 422 g/mol. The highest BCUT2D eigenvalue weighted by Gasteiger charge is 2.24. The highest BCUT2D eigenvalue weighted by molar-refractivity contribution is 7.92. The first-order valence-electron chi connectivity index (χ1n) is 7.74. The highest BCUT2D eigenvalue weighted by Crippen LogP contribution is 2.24. The van der Waals surface area contributed by atoms with Gasteiger partial charge in [0.15, 0.2) is 0 Å². The number of halogens is 3. The van der Waals surface area contributed by atoms with Crippen LogP contribution in [0.15, 0.2) is 34.9 Å². The lowest BCUT2D eigenvalue weighted by Gasteiger charge is -2.22. The molecule has 0 bridgehead atoms. The van der Waals surface area contributed by atoms with E-state index in [2.05, 4.69) is 5.16 Å². The van der Waals surface area contributed by atoms with Gasteiger partial charge in [0, 0.05) is 11.1 Å². The molecule has 9 nitrogen and oxygen atoms in total. The van der Waals surface area contributed by atoms with Crippen LogP contribution >= 0.6 is 11.6 Å². The number of nitrogens with one attached hydrogen (secondary N) is 2. The van der Waals surface area contributed by atoms with Crippen LogP contribution in [0, 0.1) is 0 Å². The van der Waals surface area contributed by atoms with Gasteiger partial charge >= 0.3 is 18.2 Å². The van der Waals surface area contributed by atoms with Gasteiger partial charge in [0.05, 0.1) is 18.0 Å². The number of sulfonamides is 1. The van der Waals surface area contributed by atoms with Crippen LogP contribution in [0.3, 0.4) is 0 Å². The molecule has 1 heterocycles. The Morgan fingerprint density at radius 3 is 2.61 bits per heavy atom. The van der Waals surface area contributed by atoms with Crippen LogP contribution in [0.2, 0.25) is 5.02 Å². The SMILES string of the molecule is CCS(=O)(=O)N(Cc1cc(C(=O)NNC(=O)C(F)F)on1)c1cccc(Cl)c1. The van der Waals surface area contributed by atoms with Gasteiger partial charge in [0.25, 0.3) is 0 Å². The minimum atomic E-state index is -3.72. The van der Waals surface area contributed by atoms with Crippen LogP contribution < -0.4 is 15.2 Å². The molecule has 0 aliphatic heterocycles. The average Bonchev–Trinajstić information content (AvgIpc) is 3.12. The topological polar surface area (TPSA) is 122 Å². The zero-order chi connectivity index (χ0) is 20.9. The summed E-state index contributed by atoms with van der Waals surface area (Å²) in [7, 11) is -3.72. The Hall–Kier alpha value is -2.73. The second-order valence-electron chi connectivity index (χ2n) is 5.31. The fraction of sp³-hybridized carbons (Fsp3) is 0.267. The second-order valence-corrected chi connectivity index (χ2v) is 7.93. The van der Waals surface area contributed by atoms with Crippen LogP contribution in [0.4, 0.5) is 14.5 Å². The molecule has 2 amide bonds. The molecule has 152 valence electrons. The molecule has 0 saturated carbocycles. The summed E-state index contributed by atoms with van der Waals surface area (Å²) in [5.74, 6) is -3.36. The molecule has 0 atom stereocenters. The summed E-state index contributed by atoms with van der Waals surface area (Å²) >= 11 is 5.92. The van der Waals surface area contributed by atoms with Crippen molar-refractivity contribution in [3.8, 4) is 0 Å². The minimum Gasteiger partial charge on any atom is -0.351 e. The molecule has 1 aromatic carbocycles. The summed E-state index contributed by atoms with van der Waals surface area (Å²) in [5, 5.41) is 3.92. The van der Waals surface area contributed by atoms with Gasteiger partial charge in [-0.2, -0.15) is 8.78 Å². The predicted octanol–water partition coefficient (Wildman–Crippen LogP) is 1.71. The quantitative estimate of drug-likeness (QED) is 0.637. The number of rotatable bonds is 7. The molecule has 2 aromatic rings. The van der Waals surface area contributed by atoms with Gasteiger partial charge in [0.1, 0.15) is 5.69 Å². The lowest BCUT2D eigenvalue weighted by molar-refractivity contribution is -0.132. The number of aromatic nitrogens is 1. The Bertz CT molecular complexity index is 967. The third-order valence-electron chi connectivity index (χ3n) is 3.38. The van der Waals surface area contributed by atoms with Crippen molar-refractivity contribution in [2.75, 3.05) is 10.1 Å². The third-order valence-corrected chi connectivity index (χ3v) is 5.36. The van der Waals surface area contributed by atoms with Gasteiger partial charge < -0.3 is 4.52 Å². The number of carbonyl (C=O) groups excluding carboxylic acids is 2. The lowest BCUT2D eigenvalue weighted by Crippen LogP contribution is -2.44. The second kappa shape index (κ2) is 8.97. The van der Waals surface area contributed by atoms with Crippen LogP contribution in [-0.4, -0.2) is 37.6 Å². The van der Waals surface area contributed by atoms with Gasteiger partial charge in [-0.15, -0.1) is 0 Å². The smallest absolute Gasteiger partial charge is 0.317 e. The van der Waals surface area contributed by atoms with E-state index in [1.807, 2.05) is 0 Å². The van der Waals surface area contributed by atoms with E-state index in [9.17, 15) is 26.8 Å². The monoisotopic (exact) mass is 436 g/mol. The number of hydrazine groups is 1. The highest BCUT2D eigenvalue weighted by atomic mass is 35.5. The average molecular weight is 437 g/mol. The van der Waals surface area contributed by atoms with Crippen LogP contribution in [-0.2, 0) is 21.4 Å². The molecule has 0 saturated heterocycles. The van der Waals surface area contributed by atoms with Crippen molar-refractivity contribution in [3.63, 3.8) is 0 Å². The van der Waals surface area contributed by atoms with Crippen molar-refractivity contribution >= 4 is 39.1 Å². The maximum Gasteiger partial charge on any atom is 0.317 e. The summed E-state index contributed by atoms with van der Waals surface area (Å²) in [6.45, 7) is 1.19. The van der Waals surface area contributed by atoms with E-state index in [-0.39, 0.29) is 23.7 Å². The van der Waals surface area contributed by atoms with Crippen molar-refractivity contribution in [1.82, 2.24) is 16.0 Å². The van der Waals surface area contributed by atoms with Crippen molar-refractivity contribution < 1.29 is 31.3 Å². The first-order valence-corrected chi connectivity index (χ1v) is 9.72. The number of amides is 2. The standard InChI is InChI=1S/C15H15ClF2N4O5S/c1-2-28(25,26)22(11-5-3-4-9(16)6-11)8-10-7-12(27-21-10)14(23)19-20-15(24)13(17)18/h3-7,13H,2,8H2,1H3,(H,19,23)(H,20,24). The number of alkyl halides is 2. The van der Waals surface area contributed by atoms with Gasteiger partial charge in [-0.25, -0.2) is 8.42 Å². The first kappa shape index (κ1) is 21.6. The third kappa shape index (κ3) is 5.39. The van der Waals surface area contributed by atoms with Crippen molar-refractivity contribution in [2.45, 2.75) is 19.9 Å². The molecule has 0 fully saturated rings. The minimum absolute atomic E-state index is 0.0716. The van der Waals surface area contributed by atoms with Crippen LogP contribution in [0.1, 0.15) is 23.2 Å². The van der Waals surface area contributed by atoms with Gasteiger partial charge in [0.2, 0.25) is 15.8 Å². The van der Waals surface area contributed by atoms with Crippen LogP contribution in [0.5, 0.6) is 0 Å². The van der Waals surface area contributed by atoms with E-state index >= 15 is 0 Å². The Morgan fingerprint density at radius 2 is 2.00 bits per heavy atom. The maximum atomic E-state index is 12.4. The molecule has 0 unspecified atom stereocenters. The Kier molecular flexibility index (Phi) is 6.91. The molecule has 1 aromatic heterocycles. The number of anilines is 1. The number of benzene rings is 1. The van der Waals surface area contributed by atoms with E-state index < -0.39 is 34.0 Å². The summed E-state index contributed by atoms with van der Waals surface area (Å²) in [6.07, 6.45) is -3.31. The van der Waals surface area contributed by atoms with E-state index in [1.54, 1.807) is 17.6 Å². The number of nitrogens with zero attached hydrogens (tertiary/aromatic N) is 2. The molecule has 0 radical (unpaired) electrons. The maximum absolute atomic E-state index is 12.4. The van der Waals surface area contributed by atoms with Gasteiger partial charge in [-0.1, -0.05) is 22.8 Å². The molecule has 2 N–H and O–H groups in total. The van der Waals surface area contributed by atoms with Gasteiger partial charge in [-0.05, 0) is 25.1 Å². The molecule has 13 heteroatoms. The molecular formula is C15H15ClF2N4O5S. The summed E-state index contributed by atoms with van der Waals surface area (Å²) in [6, 6.07) is 7.25. The largest absolute Gasteiger partial charge is 0.351 e. The summed E-state index contributed by atoms with van der Waals surface area (Å²) < 4.78 is 54.9. The fourth-order valence-corrected chi connectivity index (χ4v) is 3.27. The summed E-state index contributed by atoms with van der Waals surface area (Å²) in [4.78, 5) is 22.5. The number of hydrogen-bond acceptors (Lipinski definition) is 6. The Labute approximate surface area is 163 Å². The van der Waals surface area contributed by atoms with Gasteiger partial charge in [-0.3, -0.25) is 24.7 Å². The zero-order valence-electron chi connectivity index (χ0n) is 14.4. The predicted molar refractivity (Wildman–Crippen MR) is 95.2 cm³/mol. The molecule has 28 heavy (non-hydrogen) atoms. The van der Waals surface area contributed by atoms with Crippen molar-refractivity contribution in [3.05, 3.63) is 46.8 Å².